The van der Waals surface area contributed by atoms with Crippen LogP contribution in [0.5, 0.6) is 0 Å². The number of rotatable bonds is 2. The number of nitriles is 1. The van der Waals surface area contributed by atoms with Crippen molar-refractivity contribution in [2.45, 2.75) is 38.3 Å². The first-order chi connectivity index (χ1) is 6.85. The lowest BCUT2D eigenvalue weighted by Gasteiger charge is -2.39. The van der Waals surface area contributed by atoms with Crippen LogP contribution >= 0.6 is 0 Å². The molecule has 2 unspecified atom stereocenters. The molecule has 2 atom stereocenters. The zero-order valence-electron chi connectivity index (χ0n) is 8.95. The molecule has 2 saturated heterocycles. The summed E-state index contributed by atoms with van der Waals surface area (Å²) in [5.74, 6) is 0. The highest BCUT2D eigenvalue weighted by molar-refractivity contribution is 4.96. The fourth-order valence-corrected chi connectivity index (χ4v) is 2.73. The Bertz CT molecular complexity index is 233. The van der Waals surface area contributed by atoms with E-state index in [2.05, 4.69) is 22.8 Å². The molecule has 0 spiro atoms. The summed E-state index contributed by atoms with van der Waals surface area (Å²) in [4.78, 5) is 4.95. The molecule has 2 fully saturated rings. The largest absolute Gasteiger partial charge is 0.298 e. The first-order valence-electron chi connectivity index (χ1n) is 5.73. The standard InChI is InChI=1S/C11H19N3/c1-2-10(8-12)14-7-6-13-5-3-4-11(13)9-14/h10-11H,2-7,9H2,1H3. The molecule has 0 aliphatic carbocycles. The SMILES string of the molecule is CCC(C#N)N1CCN2CCCC2C1. The first kappa shape index (κ1) is 9.95. The van der Waals surface area contributed by atoms with E-state index in [0.717, 1.165) is 25.6 Å². The van der Waals surface area contributed by atoms with Crippen LogP contribution in [0.4, 0.5) is 0 Å². The van der Waals surface area contributed by atoms with Crippen molar-refractivity contribution in [1.82, 2.24) is 9.80 Å². The zero-order chi connectivity index (χ0) is 9.97. The molecule has 0 bridgehead atoms. The lowest BCUT2D eigenvalue weighted by atomic mass is 10.1. The quantitative estimate of drug-likeness (QED) is 0.657. The van der Waals surface area contributed by atoms with E-state index in [1.165, 1.54) is 25.9 Å². The van der Waals surface area contributed by atoms with Gasteiger partial charge in [0, 0.05) is 25.7 Å². The molecule has 0 aromatic carbocycles. The van der Waals surface area contributed by atoms with Crippen molar-refractivity contribution in [3.8, 4) is 6.07 Å². The fraction of sp³-hybridized carbons (Fsp3) is 0.909. The highest BCUT2D eigenvalue weighted by Crippen LogP contribution is 2.22. The Morgan fingerprint density at radius 2 is 2.29 bits per heavy atom. The number of nitrogens with zero attached hydrogens (tertiary/aromatic N) is 3. The lowest BCUT2D eigenvalue weighted by molar-refractivity contribution is 0.0865. The molecular formula is C11H19N3. The molecule has 0 N–H and O–H groups in total. The third-order valence-corrected chi connectivity index (χ3v) is 3.60. The maximum Gasteiger partial charge on any atom is 0.0976 e. The van der Waals surface area contributed by atoms with Gasteiger partial charge in [0.25, 0.3) is 0 Å². The monoisotopic (exact) mass is 193 g/mol. The molecular weight excluding hydrogens is 174 g/mol. The highest BCUT2D eigenvalue weighted by atomic mass is 15.3. The summed E-state index contributed by atoms with van der Waals surface area (Å²) in [6, 6.07) is 3.30. The third kappa shape index (κ3) is 1.77. The minimum absolute atomic E-state index is 0.151. The summed E-state index contributed by atoms with van der Waals surface area (Å²) in [6.45, 7) is 6.76. The molecule has 2 aliphatic heterocycles. The van der Waals surface area contributed by atoms with Crippen LogP contribution in [-0.2, 0) is 0 Å². The molecule has 0 radical (unpaired) electrons. The summed E-state index contributed by atoms with van der Waals surface area (Å²) in [6.07, 6.45) is 3.64. The van der Waals surface area contributed by atoms with E-state index in [4.69, 9.17) is 5.26 Å². The number of fused-ring (bicyclic) bond motifs is 1. The molecule has 2 heterocycles. The zero-order valence-corrected chi connectivity index (χ0v) is 8.95. The number of hydrogen-bond donors (Lipinski definition) is 0. The van der Waals surface area contributed by atoms with Crippen molar-refractivity contribution < 1.29 is 0 Å². The molecule has 78 valence electrons. The molecule has 2 aliphatic rings. The predicted molar refractivity (Wildman–Crippen MR) is 55.9 cm³/mol. The van der Waals surface area contributed by atoms with Gasteiger partial charge in [-0.15, -0.1) is 0 Å². The van der Waals surface area contributed by atoms with Gasteiger partial charge in [-0.25, -0.2) is 0 Å². The lowest BCUT2D eigenvalue weighted by Crippen LogP contribution is -2.53. The minimum Gasteiger partial charge on any atom is -0.298 e. The minimum atomic E-state index is 0.151. The van der Waals surface area contributed by atoms with Crippen LogP contribution in [0.15, 0.2) is 0 Å². The van der Waals surface area contributed by atoms with Crippen LogP contribution in [0, 0.1) is 11.3 Å². The highest BCUT2D eigenvalue weighted by Gasteiger charge is 2.32. The van der Waals surface area contributed by atoms with Crippen LogP contribution in [0.1, 0.15) is 26.2 Å². The summed E-state index contributed by atoms with van der Waals surface area (Å²) in [7, 11) is 0. The summed E-state index contributed by atoms with van der Waals surface area (Å²) in [5.41, 5.74) is 0. The van der Waals surface area contributed by atoms with Crippen LogP contribution in [-0.4, -0.2) is 48.1 Å². The number of piperazine rings is 1. The molecule has 0 amide bonds. The Hall–Kier alpha value is -0.590. The topological polar surface area (TPSA) is 30.3 Å². The molecule has 0 saturated carbocycles. The van der Waals surface area contributed by atoms with Gasteiger partial charge in [-0.2, -0.15) is 5.26 Å². The average molecular weight is 193 g/mol. The van der Waals surface area contributed by atoms with E-state index in [0.29, 0.717) is 0 Å². The van der Waals surface area contributed by atoms with Crippen LogP contribution in [0.25, 0.3) is 0 Å². The van der Waals surface area contributed by atoms with Crippen molar-refractivity contribution in [2.75, 3.05) is 26.2 Å². The molecule has 2 rings (SSSR count). The van der Waals surface area contributed by atoms with E-state index < -0.39 is 0 Å². The molecule has 3 heteroatoms. The van der Waals surface area contributed by atoms with Crippen molar-refractivity contribution in [3.05, 3.63) is 0 Å². The normalized spacial score (nSPS) is 31.0. The van der Waals surface area contributed by atoms with E-state index in [1.807, 2.05) is 0 Å². The molecule has 14 heavy (non-hydrogen) atoms. The smallest absolute Gasteiger partial charge is 0.0976 e. The Balaban J connectivity index is 1.94. The van der Waals surface area contributed by atoms with Gasteiger partial charge in [0.05, 0.1) is 12.1 Å². The van der Waals surface area contributed by atoms with E-state index in [9.17, 15) is 0 Å². The van der Waals surface area contributed by atoms with Gasteiger partial charge in [0.2, 0.25) is 0 Å². The molecule has 0 aromatic rings. The van der Waals surface area contributed by atoms with Crippen molar-refractivity contribution in [1.29, 1.82) is 5.26 Å². The van der Waals surface area contributed by atoms with Crippen molar-refractivity contribution in [2.24, 2.45) is 0 Å². The van der Waals surface area contributed by atoms with Gasteiger partial charge in [-0.05, 0) is 25.8 Å². The van der Waals surface area contributed by atoms with Crippen LogP contribution in [0.3, 0.4) is 0 Å². The maximum atomic E-state index is 9.01. The summed E-state index contributed by atoms with van der Waals surface area (Å²) in [5, 5.41) is 9.01. The van der Waals surface area contributed by atoms with Gasteiger partial charge in [-0.1, -0.05) is 6.92 Å². The first-order valence-corrected chi connectivity index (χ1v) is 5.73. The van der Waals surface area contributed by atoms with E-state index in [-0.39, 0.29) is 6.04 Å². The molecule has 3 nitrogen and oxygen atoms in total. The third-order valence-electron chi connectivity index (χ3n) is 3.60. The Morgan fingerprint density at radius 1 is 1.43 bits per heavy atom. The average Bonchev–Trinajstić information content (AvgIpc) is 2.66. The second-order valence-corrected chi connectivity index (χ2v) is 4.38. The van der Waals surface area contributed by atoms with E-state index in [1.54, 1.807) is 0 Å². The second-order valence-electron chi connectivity index (χ2n) is 4.38. The van der Waals surface area contributed by atoms with Gasteiger partial charge in [-0.3, -0.25) is 9.80 Å². The van der Waals surface area contributed by atoms with Gasteiger partial charge in [0.15, 0.2) is 0 Å². The Kier molecular flexibility index (Phi) is 3.05. The second kappa shape index (κ2) is 4.29. The Morgan fingerprint density at radius 3 is 3.00 bits per heavy atom. The molecule has 0 aromatic heterocycles. The van der Waals surface area contributed by atoms with Crippen molar-refractivity contribution >= 4 is 0 Å². The van der Waals surface area contributed by atoms with Crippen LogP contribution < -0.4 is 0 Å². The maximum absolute atomic E-state index is 9.01. The Labute approximate surface area is 86.3 Å². The summed E-state index contributed by atoms with van der Waals surface area (Å²) >= 11 is 0. The van der Waals surface area contributed by atoms with Gasteiger partial charge >= 0.3 is 0 Å². The van der Waals surface area contributed by atoms with Crippen molar-refractivity contribution in [3.63, 3.8) is 0 Å². The fourth-order valence-electron chi connectivity index (χ4n) is 2.73. The summed E-state index contributed by atoms with van der Waals surface area (Å²) < 4.78 is 0. The van der Waals surface area contributed by atoms with E-state index >= 15 is 0 Å². The van der Waals surface area contributed by atoms with Gasteiger partial charge in [0.1, 0.15) is 0 Å². The number of hydrogen-bond acceptors (Lipinski definition) is 3. The van der Waals surface area contributed by atoms with Crippen LogP contribution in [0.2, 0.25) is 0 Å². The van der Waals surface area contributed by atoms with Gasteiger partial charge < -0.3 is 0 Å². The predicted octanol–water partition coefficient (Wildman–Crippen LogP) is 1.07.